The molecule has 6 aromatic rings. The lowest BCUT2D eigenvalue weighted by Crippen LogP contribution is -2.68. The Hall–Kier alpha value is -6.46. The fraction of sp³-hybridized carbons (Fsp3) is 0.358. The summed E-state index contributed by atoms with van der Waals surface area (Å²) >= 11 is 0. The van der Waals surface area contributed by atoms with Crippen LogP contribution in [-0.4, -0.2) is 121 Å². The van der Waals surface area contributed by atoms with Crippen LogP contribution in [0.15, 0.2) is 127 Å². The molecule has 2 aliphatic rings. The standard InChI is InChI=1S/C45H50N4O6.2C4F6O2/c46-23-38-42(51-24-27-13-16-30-7-1-4-10-33(30)19-27)43(52-25-28-14-17-31-8-2-5-11-34(31)20-28)39(49)45(54-38)55-41-37(48)22-36(47)40(50)44(41)53-26-29-15-18-32-9-3-6-12-35(32)21-29;2*5-3(6,7)1(11)2(12)4(8,9)10/h1-21,36-45,50H,22-26,46-49H2;;/t36-,37?,38?,39?,40?,41-,42-,43-,44-,45-;;/m1../s1. The number of ether oxygens (including phenoxy) is 5. The molecule has 0 spiro atoms. The van der Waals surface area contributed by atoms with Crippen molar-refractivity contribution >= 4 is 55.5 Å². The molecule has 6 aromatic carbocycles. The Labute approximate surface area is 440 Å². The quantitative estimate of drug-likeness (QED) is 0.0524. The van der Waals surface area contributed by atoms with E-state index in [-0.39, 0.29) is 19.8 Å². The molecule has 0 bridgehead atoms. The average Bonchev–Trinajstić information content (AvgIpc) is 3.47. The summed E-state index contributed by atoms with van der Waals surface area (Å²) in [7, 11) is 0. The van der Waals surface area contributed by atoms with Gasteiger partial charge < -0.3 is 51.7 Å². The van der Waals surface area contributed by atoms with E-state index in [2.05, 4.69) is 84.9 Å². The van der Waals surface area contributed by atoms with Gasteiger partial charge in [-0.2, -0.15) is 52.7 Å². The maximum atomic E-state index is 11.4. The second-order valence-electron chi connectivity index (χ2n) is 18.2. The largest absolute Gasteiger partial charge is 0.458 e. The smallest absolute Gasteiger partial charge is 0.389 e. The number of rotatable bonds is 14. The van der Waals surface area contributed by atoms with E-state index in [0.29, 0.717) is 13.0 Å². The number of aliphatic hydroxyl groups is 1. The van der Waals surface area contributed by atoms with Crippen LogP contribution in [0.5, 0.6) is 0 Å². The van der Waals surface area contributed by atoms with Crippen LogP contribution in [0.4, 0.5) is 52.7 Å². The summed E-state index contributed by atoms with van der Waals surface area (Å²) in [5.74, 6) is -13.6. The van der Waals surface area contributed by atoms with Crippen molar-refractivity contribution in [3.05, 3.63) is 144 Å². The van der Waals surface area contributed by atoms with Crippen LogP contribution in [0, 0.1) is 0 Å². The molecule has 0 aromatic heterocycles. The fourth-order valence-electron chi connectivity index (χ4n) is 8.52. The number of ketones is 4. The second-order valence-corrected chi connectivity index (χ2v) is 18.2. The minimum absolute atomic E-state index is 0.122. The first kappa shape index (κ1) is 61.7. The fourth-order valence-corrected chi connectivity index (χ4v) is 8.52. The van der Waals surface area contributed by atoms with Crippen molar-refractivity contribution < 1.29 is 101 Å². The lowest BCUT2D eigenvalue weighted by atomic mass is 9.84. The van der Waals surface area contributed by atoms with E-state index in [1.807, 2.05) is 42.5 Å². The van der Waals surface area contributed by atoms with Crippen molar-refractivity contribution in [2.45, 2.75) is 112 Å². The summed E-state index contributed by atoms with van der Waals surface area (Å²) < 4.78 is 167. The summed E-state index contributed by atoms with van der Waals surface area (Å²) in [6, 6.07) is 41.2. The highest BCUT2D eigenvalue weighted by molar-refractivity contribution is 6.41. The number of Topliss-reactive ketones (excluding diaryl/α,β-unsaturated/α-hetero) is 4. The molecule has 0 amide bonds. The third-order valence-corrected chi connectivity index (χ3v) is 12.5. The van der Waals surface area contributed by atoms with Gasteiger partial charge in [0, 0.05) is 18.6 Å². The number of fused-ring (bicyclic) bond motifs is 3. The second kappa shape index (κ2) is 25.8. The van der Waals surface area contributed by atoms with Gasteiger partial charge >= 0.3 is 47.8 Å². The first-order valence-corrected chi connectivity index (χ1v) is 23.7. The van der Waals surface area contributed by atoms with E-state index in [0.717, 1.165) is 49.0 Å². The van der Waals surface area contributed by atoms with E-state index in [9.17, 15) is 77.0 Å². The number of hydrogen-bond donors (Lipinski definition) is 5. The molecular weight excluding hydrogens is 1080 g/mol. The van der Waals surface area contributed by atoms with Gasteiger partial charge in [-0.05, 0) is 73.6 Å². The van der Waals surface area contributed by atoms with Gasteiger partial charge in [0.05, 0.1) is 32.0 Å². The van der Waals surface area contributed by atoms with Crippen LogP contribution in [0.1, 0.15) is 23.1 Å². The third kappa shape index (κ3) is 16.1. The van der Waals surface area contributed by atoms with Crippen LogP contribution in [0.2, 0.25) is 0 Å². The number of nitrogens with two attached hydrogens (primary N) is 4. The van der Waals surface area contributed by atoms with Gasteiger partial charge in [-0.25, -0.2) is 0 Å². The number of carbonyl (C=O) groups is 4. The SMILES string of the molecule is NCC1O[C@H](O[C@@H]2C(N)C[C@@H](N)C(O)[C@H]2OCc2ccc3ccccc3c2)C(N)[C@@H](OCc2ccc3ccccc3c2)[C@@H]1OCc1ccc2ccccc2c1.O=C(C(=O)C(F)(F)F)C(F)(F)F.O=C(C(=O)C(F)(F)F)C(F)(F)F. The van der Waals surface area contributed by atoms with Gasteiger partial charge in [-0.3, -0.25) is 19.2 Å². The Morgan fingerprint density at radius 1 is 0.468 bits per heavy atom. The summed E-state index contributed by atoms with van der Waals surface area (Å²) in [4.78, 5) is 38.5. The highest BCUT2D eigenvalue weighted by atomic mass is 19.4. The van der Waals surface area contributed by atoms with Crippen LogP contribution in [0.3, 0.4) is 0 Å². The third-order valence-electron chi connectivity index (χ3n) is 12.5. The maximum absolute atomic E-state index is 11.4. The number of halogens is 12. The van der Waals surface area contributed by atoms with E-state index < -0.39 is 109 Å². The molecule has 79 heavy (non-hydrogen) atoms. The molecule has 2 fully saturated rings. The molecule has 1 heterocycles. The summed E-state index contributed by atoms with van der Waals surface area (Å²) in [6.45, 7) is 0.913. The van der Waals surface area contributed by atoms with Crippen LogP contribution < -0.4 is 22.9 Å². The van der Waals surface area contributed by atoms with Gasteiger partial charge in [-0.15, -0.1) is 0 Å². The Balaban J connectivity index is 0.000000349. The van der Waals surface area contributed by atoms with Crippen molar-refractivity contribution in [2.24, 2.45) is 22.9 Å². The Morgan fingerprint density at radius 2 is 0.797 bits per heavy atom. The van der Waals surface area contributed by atoms with Crippen molar-refractivity contribution in [1.82, 2.24) is 0 Å². The molecule has 1 aliphatic carbocycles. The zero-order valence-electron chi connectivity index (χ0n) is 40.9. The number of alkyl halides is 12. The Kier molecular flexibility index (Phi) is 20.1. The van der Waals surface area contributed by atoms with Gasteiger partial charge in [0.1, 0.15) is 30.5 Å². The lowest BCUT2D eigenvalue weighted by Gasteiger charge is -2.48. The van der Waals surface area contributed by atoms with Crippen molar-refractivity contribution in [3.8, 4) is 0 Å². The van der Waals surface area contributed by atoms with Gasteiger partial charge in [0.15, 0.2) is 6.29 Å². The van der Waals surface area contributed by atoms with E-state index in [4.69, 9.17) is 46.6 Å². The Morgan fingerprint density at radius 3 is 1.14 bits per heavy atom. The van der Waals surface area contributed by atoms with Crippen molar-refractivity contribution in [2.75, 3.05) is 6.54 Å². The molecule has 1 saturated heterocycles. The zero-order valence-corrected chi connectivity index (χ0v) is 40.9. The predicted molar refractivity (Wildman–Crippen MR) is 259 cm³/mol. The molecule has 0 radical (unpaired) electrons. The molecule has 10 atom stereocenters. The number of carbonyl (C=O) groups excluding carboxylic acids is 4. The first-order chi connectivity index (χ1) is 37.0. The Bertz CT molecular complexity index is 2990. The maximum Gasteiger partial charge on any atom is 0.458 e. The van der Waals surface area contributed by atoms with Crippen LogP contribution in [-0.2, 0) is 62.7 Å². The molecule has 1 aliphatic heterocycles. The molecule has 1 saturated carbocycles. The van der Waals surface area contributed by atoms with Gasteiger partial charge in [0.25, 0.3) is 0 Å². The van der Waals surface area contributed by atoms with E-state index >= 15 is 0 Å². The van der Waals surface area contributed by atoms with Crippen LogP contribution >= 0.6 is 0 Å². The molecule has 9 N–H and O–H groups in total. The molecule has 4 unspecified atom stereocenters. The predicted octanol–water partition coefficient (Wildman–Crippen LogP) is 7.52. The molecular formula is C53H50F12N4O10. The minimum Gasteiger partial charge on any atom is -0.389 e. The number of benzene rings is 6. The summed E-state index contributed by atoms with van der Waals surface area (Å²) in [6.07, 6.45) is -28.4. The molecule has 8 rings (SSSR count). The van der Waals surface area contributed by atoms with Crippen molar-refractivity contribution in [1.29, 1.82) is 0 Å². The van der Waals surface area contributed by atoms with E-state index in [1.165, 1.54) is 0 Å². The van der Waals surface area contributed by atoms with Gasteiger partial charge in [-0.1, -0.05) is 109 Å². The average molecular weight is 1130 g/mol. The van der Waals surface area contributed by atoms with Crippen molar-refractivity contribution in [3.63, 3.8) is 0 Å². The number of aliphatic hydroxyl groups excluding tert-OH is 1. The topological polar surface area (TPSA) is 239 Å². The lowest BCUT2D eigenvalue weighted by molar-refractivity contribution is -0.303. The zero-order chi connectivity index (χ0) is 58.2. The van der Waals surface area contributed by atoms with E-state index in [1.54, 1.807) is 0 Å². The van der Waals surface area contributed by atoms with Gasteiger partial charge in [0.2, 0.25) is 0 Å². The molecule has 426 valence electrons. The summed E-state index contributed by atoms with van der Waals surface area (Å²) in [5, 5.41) is 18.1. The number of hydrogen-bond acceptors (Lipinski definition) is 14. The monoisotopic (exact) mass is 1130 g/mol. The van der Waals surface area contributed by atoms with Crippen LogP contribution in [0.25, 0.3) is 32.3 Å². The summed E-state index contributed by atoms with van der Waals surface area (Å²) in [5.41, 5.74) is 29.5. The first-order valence-electron chi connectivity index (χ1n) is 23.7. The highest BCUT2D eigenvalue weighted by Crippen LogP contribution is 2.33. The normalized spacial score (nSPS) is 23.8. The highest BCUT2D eigenvalue weighted by Gasteiger charge is 2.56. The molecule has 14 nitrogen and oxygen atoms in total. The minimum atomic E-state index is -5.77. The molecule has 26 heteroatoms.